The number of aryl methyl sites for hydroxylation is 2. The molecule has 17 heavy (non-hydrogen) atoms. The molecule has 0 fully saturated rings. The number of nitrogens with one attached hydrogen (secondary N) is 1. The van der Waals surface area contributed by atoms with Gasteiger partial charge in [-0.15, -0.1) is 0 Å². The van der Waals surface area contributed by atoms with Crippen molar-refractivity contribution in [1.29, 1.82) is 0 Å². The molecule has 0 heterocycles. The van der Waals surface area contributed by atoms with E-state index in [2.05, 4.69) is 65.1 Å². The second-order valence-electron chi connectivity index (χ2n) is 6.24. The molecule has 0 radical (unpaired) electrons. The first-order valence-corrected chi connectivity index (χ1v) is 6.64. The third-order valence-electron chi connectivity index (χ3n) is 3.08. The lowest BCUT2D eigenvalue weighted by atomic mass is 9.84. The lowest BCUT2D eigenvalue weighted by Crippen LogP contribution is -2.26. The predicted molar refractivity (Wildman–Crippen MR) is 76.4 cm³/mol. The van der Waals surface area contributed by atoms with Crippen LogP contribution in [0, 0.1) is 19.3 Å². The van der Waals surface area contributed by atoms with Crippen molar-refractivity contribution in [3.05, 3.63) is 34.9 Å². The SMILES string of the molecule is CCNC(CC(C)(C)C)c1cc(C)ccc1C. The average molecular weight is 233 g/mol. The van der Waals surface area contributed by atoms with Crippen molar-refractivity contribution in [1.82, 2.24) is 5.32 Å². The molecule has 1 aromatic rings. The first-order chi connectivity index (χ1) is 7.83. The summed E-state index contributed by atoms with van der Waals surface area (Å²) in [7, 11) is 0. The van der Waals surface area contributed by atoms with Crippen molar-refractivity contribution >= 4 is 0 Å². The third kappa shape index (κ3) is 4.51. The van der Waals surface area contributed by atoms with Gasteiger partial charge in [0, 0.05) is 6.04 Å². The predicted octanol–water partition coefficient (Wildman–Crippen LogP) is 4.39. The van der Waals surface area contributed by atoms with Gasteiger partial charge in [-0.3, -0.25) is 0 Å². The van der Waals surface area contributed by atoms with E-state index in [4.69, 9.17) is 0 Å². The summed E-state index contributed by atoms with van der Waals surface area (Å²) in [4.78, 5) is 0. The van der Waals surface area contributed by atoms with E-state index >= 15 is 0 Å². The van der Waals surface area contributed by atoms with E-state index in [1.54, 1.807) is 0 Å². The highest BCUT2D eigenvalue weighted by atomic mass is 14.9. The van der Waals surface area contributed by atoms with Crippen molar-refractivity contribution in [2.24, 2.45) is 5.41 Å². The molecule has 1 unspecified atom stereocenters. The van der Waals surface area contributed by atoms with E-state index in [0.717, 1.165) is 6.54 Å². The second-order valence-corrected chi connectivity index (χ2v) is 6.24. The molecule has 0 spiro atoms. The summed E-state index contributed by atoms with van der Waals surface area (Å²) in [5.41, 5.74) is 4.55. The molecule has 1 N–H and O–H groups in total. The van der Waals surface area contributed by atoms with Gasteiger partial charge < -0.3 is 5.32 Å². The number of hydrogen-bond acceptors (Lipinski definition) is 1. The Morgan fingerprint density at radius 3 is 2.35 bits per heavy atom. The minimum Gasteiger partial charge on any atom is -0.310 e. The Morgan fingerprint density at radius 2 is 1.82 bits per heavy atom. The third-order valence-corrected chi connectivity index (χ3v) is 3.08. The van der Waals surface area contributed by atoms with Crippen LogP contribution >= 0.6 is 0 Å². The second kappa shape index (κ2) is 5.68. The molecule has 0 aromatic heterocycles. The molecule has 1 rings (SSSR count). The molecule has 0 aliphatic rings. The zero-order chi connectivity index (χ0) is 13.1. The van der Waals surface area contributed by atoms with Crippen LogP contribution in [0.25, 0.3) is 0 Å². The minimum absolute atomic E-state index is 0.350. The number of benzene rings is 1. The molecular formula is C16H27N. The molecule has 0 saturated carbocycles. The number of rotatable bonds is 4. The van der Waals surface area contributed by atoms with Crippen LogP contribution in [0.15, 0.2) is 18.2 Å². The Hall–Kier alpha value is -0.820. The Balaban J connectivity index is 3.00. The zero-order valence-electron chi connectivity index (χ0n) is 12.2. The van der Waals surface area contributed by atoms with Gasteiger partial charge in [-0.05, 0) is 43.4 Å². The molecule has 0 aliphatic heterocycles. The normalized spacial score (nSPS) is 13.8. The van der Waals surface area contributed by atoms with E-state index in [-0.39, 0.29) is 0 Å². The van der Waals surface area contributed by atoms with Gasteiger partial charge in [0.1, 0.15) is 0 Å². The number of hydrogen-bond donors (Lipinski definition) is 1. The van der Waals surface area contributed by atoms with Crippen LogP contribution in [0.4, 0.5) is 0 Å². The topological polar surface area (TPSA) is 12.0 Å². The maximum atomic E-state index is 3.62. The highest BCUT2D eigenvalue weighted by Crippen LogP contribution is 2.31. The minimum atomic E-state index is 0.350. The summed E-state index contributed by atoms with van der Waals surface area (Å²) >= 11 is 0. The largest absolute Gasteiger partial charge is 0.310 e. The van der Waals surface area contributed by atoms with Gasteiger partial charge in [-0.2, -0.15) is 0 Å². The van der Waals surface area contributed by atoms with Crippen molar-refractivity contribution in [3.63, 3.8) is 0 Å². The quantitative estimate of drug-likeness (QED) is 0.813. The fraction of sp³-hybridized carbons (Fsp3) is 0.625. The van der Waals surface area contributed by atoms with Crippen LogP contribution < -0.4 is 5.32 Å². The molecule has 0 amide bonds. The molecular weight excluding hydrogens is 206 g/mol. The fourth-order valence-corrected chi connectivity index (χ4v) is 2.29. The monoisotopic (exact) mass is 233 g/mol. The van der Waals surface area contributed by atoms with Gasteiger partial charge in [0.15, 0.2) is 0 Å². The van der Waals surface area contributed by atoms with Crippen LogP contribution in [0.5, 0.6) is 0 Å². The highest BCUT2D eigenvalue weighted by molar-refractivity contribution is 5.33. The van der Waals surface area contributed by atoms with Crippen LogP contribution in [-0.4, -0.2) is 6.54 Å². The summed E-state index contributed by atoms with van der Waals surface area (Å²) in [5.74, 6) is 0. The molecule has 1 aromatic carbocycles. The Bertz CT molecular complexity index is 360. The lowest BCUT2D eigenvalue weighted by molar-refractivity contribution is 0.313. The van der Waals surface area contributed by atoms with Crippen LogP contribution in [-0.2, 0) is 0 Å². The van der Waals surface area contributed by atoms with Crippen molar-refractivity contribution in [3.8, 4) is 0 Å². The summed E-state index contributed by atoms with van der Waals surface area (Å²) in [6.07, 6.45) is 1.17. The molecule has 96 valence electrons. The van der Waals surface area contributed by atoms with Gasteiger partial charge in [-0.25, -0.2) is 0 Å². The van der Waals surface area contributed by atoms with E-state index in [9.17, 15) is 0 Å². The molecule has 1 heteroatoms. The van der Waals surface area contributed by atoms with Gasteiger partial charge in [0.25, 0.3) is 0 Å². The van der Waals surface area contributed by atoms with Crippen LogP contribution in [0.3, 0.4) is 0 Å². The highest BCUT2D eigenvalue weighted by Gasteiger charge is 2.20. The average Bonchev–Trinajstić information content (AvgIpc) is 2.19. The van der Waals surface area contributed by atoms with Crippen molar-refractivity contribution in [2.45, 2.75) is 54.0 Å². The van der Waals surface area contributed by atoms with E-state index in [0.29, 0.717) is 11.5 Å². The summed E-state index contributed by atoms with van der Waals surface area (Å²) in [6, 6.07) is 7.23. The summed E-state index contributed by atoms with van der Waals surface area (Å²) in [6.45, 7) is 14.5. The molecule has 0 aliphatic carbocycles. The van der Waals surface area contributed by atoms with Gasteiger partial charge in [0.2, 0.25) is 0 Å². The fourth-order valence-electron chi connectivity index (χ4n) is 2.29. The van der Waals surface area contributed by atoms with Crippen molar-refractivity contribution < 1.29 is 0 Å². The Labute approximate surface area is 107 Å². The summed E-state index contributed by atoms with van der Waals surface area (Å²) < 4.78 is 0. The van der Waals surface area contributed by atoms with E-state index < -0.39 is 0 Å². The summed E-state index contributed by atoms with van der Waals surface area (Å²) in [5, 5.41) is 3.62. The maximum Gasteiger partial charge on any atom is 0.0327 e. The van der Waals surface area contributed by atoms with Crippen LogP contribution in [0.1, 0.15) is 56.8 Å². The first-order valence-electron chi connectivity index (χ1n) is 6.64. The molecule has 0 bridgehead atoms. The van der Waals surface area contributed by atoms with Crippen LogP contribution in [0.2, 0.25) is 0 Å². The smallest absolute Gasteiger partial charge is 0.0327 e. The van der Waals surface area contributed by atoms with E-state index in [1.165, 1.54) is 23.1 Å². The van der Waals surface area contributed by atoms with Crippen molar-refractivity contribution in [2.75, 3.05) is 6.54 Å². The first kappa shape index (κ1) is 14.2. The lowest BCUT2D eigenvalue weighted by Gasteiger charge is -2.28. The molecule has 0 saturated heterocycles. The zero-order valence-corrected chi connectivity index (χ0v) is 12.2. The molecule has 1 atom stereocenters. The molecule has 1 nitrogen and oxygen atoms in total. The Morgan fingerprint density at radius 1 is 1.18 bits per heavy atom. The Kier molecular flexibility index (Phi) is 4.76. The maximum absolute atomic E-state index is 3.62. The standard InChI is InChI=1S/C16H27N/c1-7-17-15(11-16(4,5)6)14-10-12(2)8-9-13(14)3/h8-10,15,17H,7,11H2,1-6H3. The van der Waals surface area contributed by atoms with Gasteiger partial charge in [-0.1, -0.05) is 51.5 Å². The van der Waals surface area contributed by atoms with E-state index in [1.807, 2.05) is 0 Å². The van der Waals surface area contributed by atoms with Gasteiger partial charge in [0.05, 0.1) is 0 Å². The van der Waals surface area contributed by atoms with Gasteiger partial charge >= 0.3 is 0 Å².